The highest BCUT2D eigenvalue weighted by molar-refractivity contribution is 6.24. The summed E-state index contributed by atoms with van der Waals surface area (Å²) in [6, 6.07) is 3.19. The molecule has 1 amide bonds. The molecule has 0 bridgehead atoms. The van der Waals surface area contributed by atoms with Gasteiger partial charge in [-0.3, -0.25) is 5.41 Å². The first kappa shape index (κ1) is 21.6. The van der Waals surface area contributed by atoms with E-state index in [1.807, 2.05) is 0 Å². The van der Waals surface area contributed by atoms with Gasteiger partial charge in [0.05, 0.1) is 0 Å². The van der Waals surface area contributed by atoms with Gasteiger partial charge in [-0.2, -0.15) is 26.3 Å². The number of nitrogens with one attached hydrogen (secondary N) is 1. The standard InChI is InChI=1S/C16H14F7N3O2/c1-13(2,3)28-12(27)26-10(8-4-6-9(17)7-5-8)25-14(11(26)24,15(18,19)20)16(21,22)23/h4-7,24H,1-3H3. The molecule has 1 aromatic rings. The molecular formula is C16H14F7N3O2. The first-order valence-electron chi connectivity index (χ1n) is 7.62. The first-order chi connectivity index (χ1) is 12.5. The number of rotatable bonds is 1. The molecule has 1 aliphatic rings. The number of aliphatic imine (C=N–C) groups is 1. The molecule has 0 spiro atoms. The lowest BCUT2D eigenvalue weighted by Gasteiger charge is -2.32. The van der Waals surface area contributed by atoms with Gasteiger partial charge < -0.3 is 4.74 Å². The average Bonchev–Trinajstić information content (AvgIpc) is 2.80. The molecule has 0 fully saturated rings. The Bertz CT molecular complexity index is 807. The Morgan fingerprint density at radius 1 is 1.04 bits per heavy atom. The second kappa shape index (κ2) is 6.45. The smallest absolute Gasteiger partial charge is 0.430 e. The molecule has 1 aromatic carbocycles. The summed E-state index contributed by atoms with van der Waals surface area (Å²) < 4.78 is 98.9. The van der Waals surface area contributed by atoms with Crippen LogP contribution in [0.25, 0.3) is 0 Å². The molecule has 5 nitrogen and oxygen atoms in total. The van der Waals surface area contributed by atoms with Crippen molar-refractivity contribution in [2.45, 2.75) is 44.3 Å². The van der Waals surface area contributed by atoms with Crippen LogP contribution in [0.2, 0.25) is 0 Å². The zero-order valence-electron chi connectivity index (χ0n) is 14.7. The van der Waals surface area contributed by atoms with Crippen LogP contribution in [0.15, 0.2) is 29.3 Å². The number of alkyl halides is 6. The molecule has 154 valence electrons. The van der Waals surface area contributed by atoms with Gasteiger partial charge in [-0.05, 0) is 45.0 Å². The number of amidine groups is 2. The van der Waals surface area contributed by atoms with Gasteiger partial charge in [0.1, 0.15) is 17.3 Å². The van der Waals surface area contributed by atoms with Crippen molar-refractivity contribution >= 4 is 17.8 Å². The molecule has 0 saturated heterocycles. The predicted molar refractivity (Wildman–Crippen MR) is 83.6 cm³/mol. The highest BCUT2D eigenvalue weighted by Crippen LogP contribution is 2.50. The Morgan fingerprint density at radius 2 is 1.50 bits per heavy atom. The number of ether oxygens (including phenoxy) is 1. The van der Waals surface area contributed by atoms with Crippen LogP contribution in [-0.4, -0.2) is 46.2 Å². The van der Waals surface area contributed by atoms with Crippen LogP contribution in [0.5, 0.6) is 0 Å². The summed E-state index contributed by atoms with van der Waals surface area (Å²) in [6.07, 6.45) is -13.8. The molecule has 1 heterocycles. The number of amides is 1. The van der Waals surface area contributed by atoms with E-state index in [2.05, 4.69) is 4.99 Å². The maximum atomic E-state index is 13.5. The Morgan fingerprint density at radius 3 is 1.89 bits per heavy atom. The summed E-state index contributed by atoms with van der Waals surface area (Å²) >= 11 is 0. The fourth-order valence-corrected chi connectivity index (χ4v) is 2.36. The van der Waals surface area contributed by atoms with E-state index >= 15 is 0 Å². The monoisotopic (exact) mass is 413 g/mol. The van der Waals surface area contributed by atoms with Gasteiger partial charge in [-0.15, -0.1) is 0 Å². The van der Waals surface area contributed by atoms with Crippen molar-refractivity contribution in [3.63, 3.8) is 0 Å². The number of halogens is 7. The Kier molecular flexibility index (Phi) is 4.98. The normalized spacial score (nSPS) is 17.6. The predicted octanol–water partition coefficient (Wildman–Crippen LogP) is 4.66. The number of hydrogen-bond donors (Lipinski definition) is 1. The summed E-state index contributed by atoms with van der Waals surface area (Å²) in [7, 11) is 0. The van der Waals surface area contributed by atoms with E-state index in [1.54, 1.807) is 0 Å². The summed E-state index contributed by atoms with van der Waals surface area (Å²) in [5.41, 5.74) is -6.69. The molecule has 0 atom stereocenters. The van der Waals surface area contributed by atoms with Gasteiger partial charge in [-0.25, -0.2) is 19.1 Å². The molecule has 0 aromatic heterocycles. The highest BCUT2D eigenvalue weighted by Gasteiger charge is 2.78. The van der Waals surface area contributed by atoms with Gasteiger partial charge in [-0.1, -0.05) is 0 Å². The van der Waals surface area contributed by atoms with Crippen molar-refractivity contribution in [2.75, 3.05) is 0 Å². The van der Waals surface area contributed by atoms with Crippen LogP contribution in [0.1, 0.15) is 26.3 Å². The van der Waals surface area contributed by atoms with Crippen LogP contribution in [0.3, 0.4) is 0 Å². The summed E-state index contributed by atoms with van der Waals surface area (Å²) in [5, 5.41) is 7.58. The van der Waals surface area contributed by atoms with Crippen molar-refractivity contribution < 1.29 is 40.3 Å². The summed E-state index contributed by atoms with van der Waals surface area (Å²) in [6.45, 7) is 4.00. The SMILES string of the molecule is CC(C)(C)OC(=O)N1C(=N)C(C(F)(F)F)(C(F)(F)F)N=C1c1ccc(F)cc1. The molecule has 12 heteroatoms. The van der Waals surface area contributed by atoms with E-state index in [0.717, 1.165) is 24.3 Å². The first-order valence-corrected chi connectivity index (χ1v) is 7.62. The van der Waals surface area contributed by atoms with E-state index in [1.165, 1.54) is 20.8 Å². The van der Waals surface area contributed by atoms with Gasteiger partial charge >= 0.3 is 24.0 Å². The summed E-state index contributed by atoms with van der Waals surface area (Å²) in [4.78, 5) is 14.8. The quantitative estimate of drug-likeness (QED) is 0.681. The average molecular weight is 413 g/mol. The van der Waals surface area contributed by atoms with Gasteiger partial charge in [0, 0.05) is 5.56 Å². The molecule has 28 heavy (non-hydrogen) atoms. The number of benzene rings is 1. The van der Waals surface area contributed by atoms with Gasteiger partial charge in [0.2, 0.25) is 0 Å². The lowest BCUT2D eigenvalue weighted by molar-refractivity contribution is -0.270. The van der Waals surface area contributed by atoms with Crippen molar-refractivity contribution in [1.29, 1.82) is 5.41 Å². The maximum absolute atomic E-state index is 13.5. The molecule has 0 saturated carbocycles. The lowest BCUT2D eigenvalue weighted by atomic mass is 9.98. The van der Waals surface area contributed by atoms with Crippen molar-refractivity contribution in [1.82, 2.24) is 4.90 Å². The molecule has 2 rings (SSSR count). The van der Waals surface area contributed by atoms with E-state index in [0.29, 0.717) is 0 Å². The van der Waals surface area contributed by atoms with Crippen LogP contribution in [0.4, 0.5) is 35.5 Å². The van der Waals surface area contributed by atoms with E-state index < -0.39 is 52.6 Å². The number of hydrogen-bond acceptors (Lipinski definition) is 4. The van der Waals surface area contributed by atoms with Gasteiger partial charge in [0.25, 0.3) is 0 Å². The fourth-order valence-electron chi connectivity index (χ4n) is 2.36. The molecule has 0 unspecified atom stereocenters. The number of carbonyl (C=O) groups excluding carboxylic acids is 1. The second-order valence-corrected chi connectivity index (χ2v) is 6.81. The minimum absolute atomic E-state index is 0.209. The fraction of sp³-hybridized carbons (Fsp3) is 0.438. The van der Waals surface area contributed by atoms with Crippen LogP contribution < -0.4 is 0 Å². The third-order valence-electron chi connectivity index (χ3n) is 3.55. The molecule has 0 aliphatic carbocycles. The summed E-state index contributed by atoms with van der Waals surface area (Å²) in [5.74, 6) is -4.13. The zero-order chi connectivity index (χ0) is 21.7. The van der Waals surface area contributed by atoms with Gasteiger partial charge in [0.15, 0.2) is 5.84 Å². The Labute approximate surface area is 154 Å². The molecule has 1 N–H and O–H groups in total. The second-order valence-electron chi connectivity index (χ2n) is 6.81. The number of carbonyl (C=O) groups is 1. The van der Waals surface area contributed by atoms with Crippen LogP contribution in [-0.2, 0) is 4.74 Å². The topological polar surface area (TPSA) is 65.8 Å². The van der Waals surface area contributed by atoms with E-state index in [9.17, 15) is 35.5 Å². The van der Waals surface area contributed by atoms with E-state index in [4.69, 9.17) is 10.1 Å². The Balaban J connectivity index is 2.74. The van der Waals surface area contributed by atoms with E-state index in [-0.39, 0.29) is 4.90 Å². The largest absolute Gasteiger partial charge is 0.443 e. The third kappa shape index (κ3) is 3.54. The van der Waals surface area contributed by atoms with Crippen molar-refractivity contribution in [3.05, 3.63) is 35.6 Å². The minimum Gasteiger partial charge on any atom is -0.443 e. The zero-order valence-corrected chi connectivity index (χ0v) is 14.7. The number of nitrogens with zero attached hydrogens (tertiary/aromatic N) is 2. The van der Waals surface area contributed by atoms with Crippen molar-refractivity contribution in [3.8, 4) is 0 Å². The Hall–Kier alpha value is -2.66. The molecule has 0 radical (unpaired) electrons. The third-order valence-corrected chi connectivity index (χ3v) is 3.55. The lowest BCUT2D eigenvalue weighted by Crippen LogP contribution is -2.62. The van der Waals surface area contributed by atoms with Crippen LogP contribution in [0, 0.1) is 11.2 Å². The minimum atomic E-state index is -6.08. The molecule has 1 aliphatic heterocycles. The van der Waals surface area contributed by atoms with Crippen LogP contribution >= 0.6 is 0 Å². The highest BCUT2D eigenvalue weighted by atomic mass is 19.4. The van der Waals surface area contributed by atoms with Crippen molar-refractivity contribution in [2.24, 2.45) is 4.99 Å². The molecular weight excluding hydrogens is 399 g/mol. The maximum Gasteiger partial charge on any atom is 0.430 e.